The van der Waals surface area contributed by atoms with Crippen molar-refractivity contribution in [2.45, 2.75) is 46.1 Å². The number of hydrogen-bond acceptors (Lipinski definition) is 7. The van der Waals surface area contributed by atoms with Crippen LogP contribution in [0.2, 0.25) is 0 Å². The molecule has 0 saturated carbocycles. The van der Waals surface area contributed by atoms with Gasteiger partial charge < -0.3 is 10.2 Å². The molecule has 7 heteroatoms. The van der Waals surface area contributed by atoms with Gasteiger partial charge in [-0.05, 0) is 13.3 Å². The topological polar surface area (TPSA) is 66.8 Å². The number of aryl methyl sites for hydroxylation is 1. The highest BCUT2D eigenvalue weighted by molar-refractivity contribution is 7.11. The van der Waals surface area contributed by atoms with Crippen LogP contribution in [0.15, 0.2) is 6.20 Å². The summed E-state index contributed by atoms with van der Waals surface area (Å²) >= 11 is 1.73. The lowest BCUT2D eigenvalue weighted by Gasteiger charge is -2.16. The number of hydrogen-bond donors (Lipinski definition) is 1. The summed E-state index contributed by atoms with van der Waals surface area (Å²) in [6.07, 6.45) is 2.95. The molecular weight excluding hydrogens is 296 g/mol. The molecular formula is C15H24N6S. The Morgan fingerprint density at radius 3 is 2.45 bits per heavy atom. The number of anilines is 2. The normalized spacial score (nSPS) is 12.5. The van der Waals surface area contributed by atoms with Gasteiger partial charge in [-0.3, -0.25) is 0 Å². The second kappa shape index (κ2) is 7.00. The first kappa shape index (κ1) is 16.6. The van der Waals surface area contributed by atoms with Gasteiger partial charge in [0.05, 0.1) is 6.04 Å². The van der Waals surface area contributed by atoms with E-state index in [9.17, 15) is 0 Å². The van der Waals surface area contributed by atoms with Crippen molar-refractivity contribution in [1.82, 2.24) is 19.9 Å². The first-order chi connectivity index (χ1) is 10.4. The Balaban J connectivity index is 2.23. The van der Waals surface area contributed by atoms with Crippen molar-refractivity contribution in [3.63, 3.8) is 0 Å². The molecule has 0 aromatic carbocycles. The van der Waals surface area contributed by atoms with Crippen LogP contribution in [0.3, 0.4) is 0 Å². The van der Waals surface area contributed by atoms with Crippen LogP contribution >= 0.6 is 11.3 Å². The van der Waals surface area contributed by atoms with Gasteiger partial charge in [0.1, 0.15) is 10.8 Å². The zero-order valence-electron chi connectivity index (χ0n) is 14.1. The second-order valence-electron chi connectivity index (χ2n) is 5.75. The van der Waals surface area contributed by atoms with E-state index in [0.717, 1.165) is 17.3 Å². The summed E-state index contributed by atoms with van der Waals surface area (Å²) in [4.78, 5) is 21.1. The molecule has 1 unspecified atom stereocenters. The highest BCUT2D eigenvalue weighted by Crippen LogP contribution is 2.24. The van der Waals surface area contributed by atoms with E-state index in [-0.39, 0.29) is 12.0 Å². The lowest BCUT2D eigenvalue weighted by Crippen LogP contribution is -2.18. The van der Waals surface area contributed by atoms with E-state index in [1.165, 1.54) is 4.88 Å². The molecule has 0 amide bonds. The van der Waals surface area contributed by atoms with Crippen molar-refractivity contribution >= 4 is 23.2 Å². The molecule has 1 N–H and O–H groups in total. The van der Waals surface area contributed by atoms with Crippen molar-refractivity contribution in [2.24, 2.45) is 0 Å². The Morgan fingerprint density at radius 2 is 1.91 bits per heavy atom. The lowest BCUT2D eigenvalue weighted by atomic mass is 10.2. The monoisotopic (exact) mass is 320 g/mol. The second-order valence-corrected chi connectivity index (χ2v) is 6.90. The molecule has 6 nitrogen and oxygen atoms in total. The van der Waals surface area contributed by atoms with Gasteiger partial charge in [-0.2, -0.15) is 15.0 Å². The molecule has 0 aliphatic carbocycles. The van der Waals surface area contributed by atoms with Crippen LogP contribution < -0.4 is 10.2 Å². The number of rotatable bonds is 6. The summed E-state index contributed by atoms with van der Waals surface area (Å²) in [6.45, 7) is 8.37. The van der Waals surface area contributed by atoms with E-state index in [2.05, 4.69) is 52.9 Å². The number of nitrogens with zero attached hydrogens (tertiary/aromatic N) is 5. The zero-order chi connectivity index (χ0) is 16.3. The summed E-state index contributed by atoms with van der Waals surface area (Å²) in [5, 5.41) is 4.40. The average Bonchev–Trinajstić information content (AvgIpc) is 2.95. The third-order valence-corrected chi connectivity index (χ3v) is 4.52. The maximum Gasteiger partial charge on any atom is 0.229 e. The predicted molar refractivity (Wildman–Crippen MR) is 91.8 cm³/mol. The van der Waals surface area contributed by atoms with Crippen LogP contribution in [0, 0.1) is 0 Å². The van der Waals surface area contributed by atoms with Crippen molar-refractivity contribution in [3.05, 3.63) is 21.9 Å². The number of nitrogens with one attached hydrogen (secondary N) is 1. The minimum absolute atomic E-state index is 0.0720. The van der Waals surface area contributed by atoms with Crippen LogP contribution in [-0.4, -0.2) is 34.0 Å². The fourth-order valence-electron chi connectivity index (χ4n) is 1.85. The van der Waals surface area contributed by atoms with Gasteiger partial charge in [-0.1, -0.05) is 20.8 Å². The molecule has 120 valence electrons. The van der Waals surface area contributed by atoms with Crippen molar-refractivity contribution in [2.75, 3.05) is 24.3 Å². The van der Waals surface area contributed by atoms with Gasteiger partial charge >= 0.3 is 0 Å². The van der Waals surface area contributed by atoms with Gasteiger partial charge in [-0.15, -0.1) is 11.3 Å². The molecule has 0 aliphatic heterocycles. The molecule has 22 heavy (non-hydrogen) atoms. The Hall–Kier alpha value is -1.76. The molecule has 2 heterocycles. The van der Waals surface area contributed by atoms with Crippen LogP contribution in [0.1, 0.15) is 55.4 Å². The summed E-state index contributed by atoms with van der Waals surface area (Å²) in [5.74, 6) is 2.32. The molecule has 0 saturated heterocycles. The van der Waals surface area contributed by atoms with E-state index in [0.29, 0.717) is 11.9 Å². The average molecular weight is 320 g/mol. The zero-order valence-corrected chi connectivity index (χ0v) is 14.9. The summed E-state index contributed by atoms with van der Waals surface area (Å²) in [7, 11) is 3.86. The molecule has 0 radical (unpaired) electrons. The largest absolute Gasteiger partial charge is 0.347 e. The van der Waals surface area contributed by atoms with Gasteiger partial charge in [0.15, 0.2) is 0 Å². The highest BCUT2D eigenvalue weighted by Gasteiger charge is 2.15. The SMILES string of the molecule is CCc1cnc(C(C)Nc2nc(C(C)C)nc(N(C)C)n2)s1. The molecule has 0 aliphatic rings. The van der Waals surface area contributed by atoms with Crippen molar-refractivity contribution in [1.29, 1.82) is 0 Å². The van der Waals surface area contributed by atoms with Gasteiger partial charge in [0.2, 0.25) is 11.9 Å². The minimum Gasteiger partial charge on any atom is -0.347 e. The van der Waals surface area contributed by atoms with Crippen molar-refractivity contribution in [3.8, 4) is 0 Å². The standard InChI is InChI=1S/C15H24N6S/c1-7-11-8-16-13(22-11)10(4)17-14-18-12(9(2)3)19-15(20-14)21(5)6/h8-10H,7H2,1-6H3,(H,17,18,19,20). The quantitative estimate of drug-likeness (QED) is 0.881. The smallest absolute Gasteiger partial charge is 0.229 e. The van der Waals surface area contributed by atoms with Crippen LogP contribution in [0.5, 0.6) is 0 Å². The van der Waals surface area contributed by atoms with E-state index in [1.807, 2.05) is 25.2 Å². The predicted octanol–water partition coefficient (Wildman–Crippen LogP) is 3.25. The van der Waals surface area contributed by atoms with E-state index < -0.39 is 0 Å². The summed E-state index contributed by atoms with van der Waals surface area (Å²) in [5.41, 5.74) is 0. The molecule has 0 bridgehead atoms. The Morgan fingerprint density at radius 1 is 1.18 bits per heavy atom. The molecule has 0 fully saturated rings. The van der Waals surface area contributed by atoms with Gasteiger partial charge in [-0.25, -0.2) is 4.98 Å². The van der Waals surface area contributed by atoms with E-state index in [4.69, 9.17) is 0 Å². The van der Waals surface area contributed by atoms with E-state index in [1.54, 1.807) is 11.3 Å². The lowest BCUT2D eigenvalue weighted by molar-refractivity contribution is 0.745. The Bertz CT molecular complexity index is 596. The third-order valence-electron chi connectivity index (χ3n) is 3.19. The first-order valence-corrected chi connectivity index (χ1v) is 8.36. The number of aromatic nitrogens is 4. The fraction of sp³-hybridized carbons (Fsp3) is 0.600. The van der Waals surface area contributed by atoms with Crippen LogP contribution in [0.4, 0.5) is 11.9 Å². The minimum atomic E-state index is 0.0720. The van der Waals surface area contributed by atoms with E-state index >= 15 is 0 Å². The molecule has 0 spiro atoms. The fourth-order valence-corrected chi connectivity index (χ4v) is 2.70. The first-order valence-electron chi connectivity index (χ1n) is 7.55. The van der Waals surface area contributed by atoms with Gasteiger partial charge in [0, 0.05) is 31.1 Å². The molecule has 2 rings (SSSR count). The maximum atomic E-state index is 4.52. The molecule has 2 aromatic heterocycles. The molecule has 2 aromatic rings. The Labute approximate surface area is 136 Å². The summed E-state index contributed by atoms with van der Waals surface area (Å²) < 4.78 is 0. The number of thiazole rings is 1. The molecule has 1 atom stereocenters. The highest BCUT2D eigenvalue weighted by atomic mass is 32.1. The van der Waals surface area contributed by atoms with Crippen LogP contribution in [0.25, 0.3) is 0 Å². The Kier molecular flexibility index (Phi) is 5.28. The summed E-state index contributed by atoms with van der Waals surface area (Å²) in [6, 6.07) is 0.0720. The maximum absolute atomic E-state index is 4.52. The third kappa shape index (κ3) is 3.91. The van der Waals surface area contributed by atoms with Gasteiger partial charge in [0.25, 0.3) is 0 Å². The van der Waals surface area contributed by atoms with Crippen molar-refractivity contribution < 1.29 is 0 Å². The van der Waals surface area contributed by atoms with Crippen LogP contribution in [-0.2, 0) is 6.42 Å².